The van der Waals surface area contributed by atoms with Gasteiger partial charge in [0, 0.05) is 11.1 Å². The van der Waals surface area contributed by atoms with Crippen LogP contribution in [0.15, 0.2) is 29.3 Å². The van der Waals surface area contributed by atoms with Gasteiger partial charge in [-0.3, -0.25) is 4.79 Å². The minimum Gasteiger partial charge on any atom is -0.493 e. The summed E-state index contributed by atoms with van der Waals surface area (Å²) in [6.45, 7) is 2.21. The van der Waals surface area contributed by atoms with E-state index in [2.05, 4.69) is 0 Å². The number of halogens is 1. The summed E-state index contributed by atoms with van der Waals surface area (Å²) in [5.41, 5.74) is 2.89. The molecule has 1 aromatic carbocycles. The van der Waals surface area contributed by atoms with E-state index in [4.69, 9.17) is 21.1 Å². The highest BCUT2D eigenvalue weighted by Crippen LogP contribution is 2.27. The molecule has 0 aliphatic rings. The van der Waals surface area contributed by atoms with E-state index in [1.54, 1.807) is 25.3 Å². The summed E-state index contributed by atoms with van der Waals surface area (Å²) < 4.78 is 10.6. The van der Waals surface area contributed by atoms with Gasteiger partial charge < -0.3 is 9.47 Å². The van der Waals surface area contributed by atoms with E-state index >= 15 is 0 Å². The van der Waals surface area contributed by atoms with Crippen LogP contribution in [0.2, 0.25) is 0 Å². The Morgan fingerprint density at radius 1 is 1.44 bits per heavy atom. The molecular weight excluding hydrogens is 228 g/mol. The van der Waals surface area contributed by atoms with Gasteiger partial charge in [-0.05, 0) is 30.7 Å². The van der Waals surface area contributed by atoms with E-state index in [9.17, 15) is 4.79 Å². The van der Waals surface area contributed by atoms with Crippen LogP contribution in [0.5, 0.6) is 11.5 Å². The molecule has 0 aliphatic carbocycles. The van der Waals surface area contributed by atoms with Gasteiger partial charge in [-0.15, -0.1) is 0 Å². The van der Waals surface area contributed by atoms with E-state index in [0.29, 0.717) is 23.7 Å². The van der Waals surface area contributed by atoms with Gasteiger partial charge in [0.15, 0.2) is 11.5 Å². The maximum absolute atomic E-state index is 10.6. The largest absolute Gasteiger partial charge is 0.493 e. The second kappa shape index (κ2) is 6.18. The summed E-state index contributed by atoms with van der Waals surface area (Å²) in [5, 5.41) is 0. The monoisotopic (exact) mass is 240 g/mol. The summed E-state index contributed by atoms with van der Waals surface area (Å²) >= 11 is 5.52. The van der Waals surface area contributed by atoms with Crippen LogP contribution < -0.4 is 9.47 Å². The quantitative estimate of drug-likeness (QED) is 0.742. The van der Waals surface area contributed by atoms with Crippen LogP contribution in [0.4, 0.5) is 0 Å². The second-order valence-corrected chi connectivity index (χ2v) is 3.49. The lowest BCUT2D eigenvalue weighted by Crippen LogP contribution is -2.00. The van der Waals surface area contributed by atoms with E-state index in [1.165, 1.54) is 5.54 Å². The standard InChI is InChI=1S/C12H13ClO3/c1-9(6-13)8-16-12-5-10(7-14)3-4-11(12)15-2/h3-7H,8H2,1-2H3/b9-6+. The molecule has 0 saturated carbocycles. The van der Waals surface area contributed by atoms with Gasteiger partial charge in [0.2, 0.25) is 0 Å². The minimum absolute atomic E-state index is 0.363. The molecule has 0 spiro atoms. The average Bonchev–Trinajstić information content (AvgIpc) is 2.35. The predicted molar refractivity (Wildman–Crippen MR) is 63.5 cm³/mol. The highest BCUT2D eigenvalue weighted by atomic mass is 35.5. The first-order valence-electron chi connectivity index (χ1n) is 4.73. The number of methoxy groups -OCH3 is 1. The Bertz CT molecular complexity index is 399. The zero-order chi connectivity index (χ0) is 12.0. The van der Waals surface area contributed by atoms with Crippen molar-refractivity contribution in [2.45, 2.75) is 6.92 Å². The fraction of sp³-hybridized carbons (Fsp3) is 0.250. The molecule has 0 saturated heterocycles. The molecule has 0 aromatic heterocycles. The van der Waals surface area contributed by atoms with Crippen molar-refractivity contribution in [3.05, 3.63) is 34.9 Å². The van der Waals surface area contributed by atoms with Crippen molar-refractivity contribution >= 4 is 17.9 Å². The fourth-order valence-corrected chi connectivity index (χ4v) is 1.17. The number of hydrogen-bond acceptors (Lipinski definition) is 3. The van der Waals surface area contributed by atoms with Crippen LogP contribution in [0.25, 0.3) is 0 Å². The fourth-order valence-electron chi connectivity index (χ4n) is 1.10. The van der Waals surface area contributed by atoms with E-state index < -0.39 is 0 Å². The molecule has 0 amide bonds. The van der Waals surface area contributed by atoms with Crippen LogP contribution in [0, 0.1) is 0 Å². The molecule has 0 aliphatic heterocycles. The van der Waals surface area contributed by atoms with Crippen LogP contribution in [-0.2, 0) is 0 Å². The highest BCUT2D eigenvalue weighted by molar-refractivity contribution is 6.25. The first-order valence-corrected chi connectivity index (χ1v) is 5.16. The molecule has 1 rings (SSSR count). The Labute approximate surface area is 99.6 Å². The normalized spacial score (nSPS) is 11.1. The highest BCUT2D eigenvalue weighted by Gasteiger charge is 2.05. The van der Waals surface area contributed by atoms with Crippen molar-refractivity contribution in [1.82, 2.24) is 0 Å². The third-order valence-electron chi connectivity index (χ3n) is 1.97. The van der Waals surface area contributed by atoms with Crippen molar-refractivity contribution in [1.29, 1.82) is 0 Å². The van der Waals surface area contributed by atoms with Crippen molar-refractivity contribution in [2.75, 3.05) is 13.7 Å². The van der Waals surface area contributed by atoms with Crippen LogP contribution in [0.1, 0.15) is 17.3 Å². The van der Waals surface area contributed by atoms with Crippen molar-refractivity contribution in [3.63, 3.8) is 0 Å². The number of carbonyl (C=O) groups is 1. The molecule has 4 heteroatoms. The summed E-state index contributed by atoms with van der Waals surface area (Å²) in [5.74, 6) is 1.12. The smallest absolute Gasteiger partial charge is 0.162 e. The number of rotatable bonds is 5. The lowest BCUT2D eigenvalue weighted by molar-refractivity contribution is 0.112. The molecule has 0 atom stereocenters. The first kappa shape index (κ1) is 12.6. The number of benzene rings is 1. The van der Waals surface area contributed by atoms with Gasteiger partial charge >= 0.3 is 0 Å². The molecule has 86 valence electrons. The lowest BCUT2D eigenvalue weighted by atomic mass is 10.2. The molecule has 0 fully saturated rings. The number of hydrogen-bond donors (Lipinski definition) is 0. The Balaban J connectivity index is 2.87. The van der Waals surface area contributed by atoms with Crippen molar-refractivity contribution < 1.29 is 14.3 Å². The zero-order valence-electron chi connectivity index (χ0n) is 9.20. The van der Waals surface area contributed by atoms with Gasteiger partial charge in [-0.2, -0.15) is 0 Å². The maximum atomic E-state index is 10.6. The molecule has 1 aromatic rings. The third-order valence-corrected chi connectivity index (χ3v) is 2.34. The topological polar surface area (TPSA) is 35.5 Å². The molecular formula is C12H13ClO3. The second-order valence-electron chi connectivity index (χ2n) is 3.27. The molecule has 0 N–H and O–H groups in total. The number of ether oxygens (including phenoxy) is 2. The van der Waals surface area contributed by atoms with Gasteiger partial charge in [0.1, 0.15) is 12.9 Å². The van der Waals surface area contributed by atoms with Crippen molar-refractivity contribution in [3.8, 4) is 11.5 Å². The summed E-state index contributed by atoms with van der Waals surface area (Å²) in [6.07, 6.45) is 0.760. The Morgan fingerprint density at radius 2 is 2.19 bits per heavy atom. The van der Waals surface area contributed by atoms with Gasteiger partial charge in [-0.25, -0.2) is 0 Å². The summed E-state index contributed by atoms with van der Waals surface area (Å²) in [4.78, 5) is 10.6. The molecule has 0 heterocycles. The summed E-state index contributed by atoms with van der Waals surface area (Å²) in [7, 11) is 1.55. The lowest BCUT2D eigenvalue weighted by Gasteiger charge is -2.10. The van der Waals surface area contributed by atoms with E-state index in [-0.39, 0.29) is 0 Å². The van der Waals surface area contributed by atoms with Crippen molar-refractivity contribution in [2.24, 2.45) is 0 Å². The summed E-state index contributed by atoms with van der Waals surface area (Å²) in [6, 6.07) is 5.00. The Hall–Kier alpha value is -1.48. The third kappa shape index (κ3) is 3.28. The van der Waals surface area contributed by atoms with Gasteiger partial charge in [-0.1, -0.05) is 11.6 Å². The molecule has 0 bridgehead atoms. The van der Waals surface area contributed by atoms with Gasteiger partial charge in [0.25, 0.3) is 0 Å². The zero-order valence-corrected chi connectivity index (χ0v) is 9.95. The molecule has 0 unspecified atom stereocenters. The van der Waals surface area contributed by atoms with E-state index in [1.807, 2.05) is 6.92 Å². The maximum Gasteiger partial charge on any atom is 0.162 e. The molecule has 0 radical (unpaired) electrons. The molecule has 3 nitrogen and oxygen atoms in total. The number of carbonyl (C=O) groups excluding carboxylic acids is 1. The predicted octanol–water partition coefficient (Wildman–Crippen LogP) is 3.03. The average molecular weight is 241 g/mol. The van der Waals surface area contributed by atoms with Crippen LogP contribution in [-0.4, -0.2) is 20.0 Å². The minimum atomic E-state index is 0.363. The first-order chi connectivity index (χ1) is 7.71. The SMILES string of the molecule is COc1ccc(C=O)cc1OC/C(C)=C/Cl. The van der Waals surface area contributed by atoms with Crippen LogP contribution in [0.3, 0.4) is 0 Å². The van der Waals surface area contributed by atoms with Crippen LogP contribution >= 0.6 is 11.6 Å². The number of aldehydes is 1. The Kier molecular flexibility index (Phi) is 4.86. The Morgan fingerprint density at radius 3 is 2.75 bits per heavy atom. The molecule has 16 heavy (non-hydrogen) atoms. The van der Waals surface area contributed by atoms with Gasteiger partial charge in [0.05, 0.1) is 7.11 Å². The van der Waals surface area contributed by atoms with E-state index in [0.717, 1.165) is 11.9 Å².